The minimum atomic E-state index is -1.03. The van der Waals surface area contributed by atoms with Crippen LogP contribution in [0.4, 0.5) is 4.79 Å². The summed E-state index contributed by atoms with van der Waals surface area (Å²) in [4.78, 5) is 21.9. The highest BCUT2D eigenvalue weighted by molar-refractivity contribution is 8.00. The molecule has 1 unspecified atom stereocenters. The molecule has 0 saturated carbocycles. The fourth-order valence-corrected chi connectivity index (χ4v) is 2.80. The first-order valence-corrected chi connectivity index (χ1v) is 6.33. The quantitative estimate of drug-likeness (QED) is 0.692. The van der Waals surface area contributed by atoms with E-state index in [2.05, 4.69) is 17.6 Å². The Morgan fingerprint density at radius 2 is 2.25 bits per heavy atom. The first-order chi connectivity index (χ1) is 7.43. The Morgan fingerprint density at radius 3 is 2.75 bits per heavy atom. The molecule has 1 saturated heterocycles. The lowest BCUT2D eigenvalue weighted by Gasteiger charge is -2.23. The number of hydrogen-bond donors (Lipinski definition) is 3. The van der Waals surface area contributed by atoms with Crippen LogP contribution in [-0.2, 0) is 4.79 Å². The summed E-state index contributed by atoms with van der Waals surface area (Å²) in [6.07, 6.45) is 2.27. The summed E-state index contributed by atoms with van der Waals surface area (Å²) in [5.41, 5.74) is 0. The van der Waals surface area contributed by atoms with Crippen LogP contribution in [0.25, 0.3) is 0 Å². The molecular formula is C10H18N2O3S. The summed E-state index contributed by atoms with van der Waals surface area (Å²) < 4.78 is 0.101. The third kappa shape index (κ3) is 3.92. The van der Waals surface area contributed by atoms with Crippen LogP contribution in [0, 0.1) is 0 Å². The highest BCUT2D eigenvalue weighted by atomic mass is 32.2. The van der Waals surface area contributed by atoms with Gasteiger partial charge in [-0.05, 0) is 32.4 Å². The van der Waals surface area contributed by atoms with Crippen molar-refractivity contribution in [3.63, 3.8) is 0 Å². The van der Waals surface area contributed by atoms with Gasteiger partial charge in [-0.15, -0.1) is 0 Å². The summed E-state index contributed by atoms with van der Waals surface area (Å²) >= 11 is 1.85. The van der Waals surface area contributed by atoms with Crippen molar-refractivity contribution < 1.29 is 14.7 Å². The highest BCUT2D eigenvalue weighted by Gasteiger charge is 2.29. The van der Waals surface area contributed by atoms with E-state index in [1.807, 2.05) is 11.8 Å². The lowest BCUT2D eigenvalue weighted by Crippen LogP contribution is -2.47. The molecule has 1 aliphatic rings. The van der Waals surface area contributed by atoms with Crippen LogP contribution in [0.1, 0.15) is 26.7 Å². The van der Waals surface area contributed by atoms with Crippen LogP contribution in [0.5, 0.6) is 0 Å². The van der Waals surface area contributed by atoms with Gasteiger partial charge in [-0.25, -0.2) is 4.79 Å². The Hall–Kier alpha value is -0.910. The van der Waals surface area contributed by atoms with Crippen LogP contribution < -0.4 is 10.6 Å². The second kappa shape index (κ2) is 5.43. The van der Waals surface area contributed by atoms with Crippen molar-refractivity contribution in [2.75, 3.05) is 12.3 Å². The summed E-state index contributed by atoms with van der Waals surface area (Å²) in [5, 5.41) is 13.7. The Morgan fingerprint density at radius 1 is 1.56 bits per heavy atom. The maximum atomic E-state index is 11.4. The molecule has 5 nitrogen and oxygen atoms in total. The summed E-state index contributed by atoms with van der Waals surface area (Å²) in [5.74, 6) is 0.0994. The van der Waals surface area contributed by atoms with Crippen LogP contribution >= 0.6 is 11.8 Å². The molecular weight excluding hydrogens is 228 g/mol. The Labute approximate surface area is 99.4 Å². The normalized spacial score (nSPS) is 26.1. The summed E-state index contributed by atoms with van der Waals surface area (Å²) in [6, 6.07) is -1.27. The minimum absolute atomic E-state index is 0.101. The van der Waals surface area contributed by atoms with Gasteiger partial charge in [0.15, 0.2) is 0 Å². The molecule has 0 aromatic heterocycles. The van der Waals surface area contributed by atoms with Crippen LogP contribution in [0.3, 0.4) is 0 Å². The smallest absolute Gasteiger partial charge is 0.325 e. The third-order valence-electron chi connectivity index (χ3n) is 2.64. The number of urea groups is 1. The molecule has 0 aromatic carbocycles. The van der Waals surface area contributed by atoms with Gasteiger partial charge in [0.1, 0.15) is 6.04 Å². The molecule has 0 spiro atoms. The van der Waals surface area contributed by atoms with Gasteiger partial charge in [-0.1, -0.05) is 0 Å². The molecule has 1 rings (SSSR count). The van der Waals surface area contributed by atoms with Gasteiger partial charge in [0, 0.05) is 11.3 Å². The molecule has 0 aliphatic carbocycles. The Bertz CT molecular complexity index is 277. The monoisotopic (exact) mass is 246 g/mol. The van der Waals surface area contributed by atoms with Gasteiger partial charge in [-0.3, -0.25) is 4.79 Å². The zero-order valence-corrected chi connectivity index (χ0v) is 10.4. The molecule has 16 heavy (non-hydrogen) atoms. The second-order valence-corrected chi connectivity index (χ2v) is 5.97. The average molecular weight is 246 g/mol. The van der Waals surface area contributed by atoms with Crippen LogP contribution in [0.15, 0.2) is 0 Å². The highest BCUT2D eigenvalue weighted by Crippen LogP contribution is 2.36. The van der Waals surface area contributed by atoms with Gasteiger partial charge in [0.05, 0.1) is 0 Å². The van der Waals surface area contributed by atoms with Gasteiger partial charge in [-0.2, -0.15) is 11.8 Å². The van der Waals surface area contributed by atoms with Crippen molar-refractivity contribution in [1.29, 1.82) is 0 Å². The number of aliphatic carboxylic acids is 1. The van der Waals surface area contributed by atoms with Crippen molar-refractivity contribution in [2.24, 2.45) is 0 Å². The van der Waals surface area contributed by atoms with Crippen LogP contribution in [-0.4, -0.2) is 40.2 Å². The van der Waals surface area contributed by atoms with E-state index in [-0.39, 0.29) is 4.75 Å². The van der Waals surface area contributed by atoms with Crippen molar-refractivity contribution in [2.45, 2.75) is 37.5 Å². The number of carboxylic acid groups (broad SMARTS) is 1. The Kier molecular flexibility index (Phi) is 4.46. The van der Waals surface area contributed by atoms with Gasteiger partial charge in [0.2, 0.25) is 0 Å². The zero-order valence-electron chi connectivity index (χ0n) is 9.58. The van der Waals surface area contributed by atoms with E-state index in [4.69, 9.17) is 5.11 Å². The molecule has 0 radical (unpaired) electrons. The number of amides is 2. The summed E-state index contributed by atoms with van der Waals surface area (Å²) in [6.45, 7) is 4.13. The zero-order chi connectivity index (χ0) is 12.2. The molecule has 1 heterocycles. The number of hydrogen-bond acceptors (Lipinski definition) is 3. The average Bonchev–Trinajstić information content (AvgIpc) is 2.63. The summed E-state index contributed by atoms with van der Waals surface area (Å²) in [7, 11) is 0. The maximum absolute atomic E-state index is 11.4. The van der Waals surface area contributed by atoms with Crippen molar-refractivity contribution >= 4 is 23.8 Å². The van der Waals surface area contributed by atoms with Crippen molar-refractivity contribution in [3.8, 4) is 0 Å². The topological polar surface area (TPSA) is 78.4 Å². The lowest BCUT2D eigenvalue weighted by atomic mass is 10.1. The molecule has 92 valence electrons. The van der Waals surface area contributed by atoms with E-state index in [0.29, 0.717) is 6.54 Å². The molecule has 6 heteroatoms. The number of rotatable bonds is 4. The third-order valence-corrected chi connectivity index (χ3v) is 4.18. The molecule has 1 fully saturated rings. The number of carboxylic acids is 1. The lowest BCUT2D eigenvalue weighted by molar-refractivity contribution is -0.138. The molecule has 1 aliphatic heterocycles. The standard InChI is InChI=1S/C10H18N2O3S/c1-7(8(13)14)12-9(15)11-6-10(2)4-3-5-16-10/h7H,3-6H2,1-2H3,(H,13,14)(H2,11,12,15)/t7-,10?/m1/s1. The number of carbonyl (C=O) groups excluding carboxylic acids is 1. The SMILES string of the molecule is C[C@@H](NC(=O)NCC1(C)CCCS1)C(=O)O. The molecule has 0 aromatic rings. The van der Waals surface area contributed by atoms with Gasteiger partial charge < -0.3 is 15.7 Å². The van der Waals surface area contributed by atoms with E-state index < -0.39 is 18.0 Å². The predicted molar refractivity (Wildman–Crippen MR) is 63.7 cm³/mol. The molecule has 2 atom stereocenters. The first-order valence-electron chi connectivity index (χ1n) is 5.34. The van der Waals surface area contributed by atoms with Crippen LogP contribution in [0.2, 0.25) is 0 Å². The fourth-order valence-electron chi connectivity index (χ4n) is 1.55. The van der Waals surface area contributed by atoms with E-state index in [1.54, 1.807) is 0 Å². The van der Waals surface area contributed by atoms with E-state index in [1.165, 1.54) is 13.3 Å². The fraction of sp³-hybridized carbons (Fsp3) is 0.800. The van der Waals surface area contributed by atoms with E-state index in [9.17, 15) is 9.59 Å². The largest absolute Gasteiger partial charge is 0.480 e. The Balaban J connectivity index is 2.27. The minimum Gasteiger partial charge on any atom is -0.480 e. The van der Waals surface area contributed by atoms with E-state index >= 15 is 0 Å². The second-order valence-electron chi connectivity index (χ2n) is 4.29. The molecule has 2 amide bonds. The first kappa shape index (κ1) is 13.2. The molecule has 3 N–H and O–H groups in total. The van der Waals surface area contributed by atoms with Gasteiger partial charge >= 0.3 is 12.0 Å². The van der Waals surface area contributed by atoms with Crippen molar-refractivity contribution in [1.82, 2.24) is 10.6 Å². The van der Waals surface area contributed by atoms with Crippen molar-refractivity contribution in [3.05, 3.63) is 0 Å². The van der Waals surface area contributed by atoms with E-state index in [0.717, 1.165) is 12.2 Å². The maximum Gasteiger partial charge on any atom is 0.325 e. The number of carbonyl (C=O) groups is 2. The number of nitrogens with one attached hydrogen (secondary N) is 2. The number of thioether (sulfide) groups is 1. The molecule has 0 bridgehead atoms. The van der Waals surface area contributed by atoms with Gasteiger partial charge in [0.25, 0.3) is 0 Å². The predicted octanol–water partition coefficient (Wildman–Crippen LogP) is 1.04.